The van der Waals surface area contributed by atoms with E-state index in [1.807, 2.05) is 0 Å². The van der Waals surface area contributed by atoms with E-state index in [1.54, 1.807) is 18.4 Å². The molecule has 0 fully saturated rings. The second-order valence-corrected chi connectivity index (χ2v) is 2.31. The van der Waals surface area contributed by atoms with Crippen molar-refractivity contribution in [2.45, 2.75) is 0 Å². The van der Waals surface area contributed by atoms with Crippen LogP contribution in [0.5, 0.6) is 6.01 Å². The van der Waals surface area contributed by atoms with Crippen LogP contribution in [0.25, 0.3) is 11.5 Å². The zero-order chi connectivity index (χ0) is 9.10. The second kappa shape index (κ2) is 3.22. The molecule has 2 aromatic heterocycles. The predicted molar refractivity (Wildman–Crippen MR) is 44.1 cm³/mol. The monoisotopic (exact) mass is 177 g/mol. The standard InChI is InChI=1S/C8H7N3O2/c1-12-8-10-6(5-9-11-8)7-3-2-4-13-7/h2-5H,1H3. The van der Waals surface area contributed by atoms with E-state index in [9.17, 15) is 0 Å². The highest BCUT2D eigenvalue weighted by Crippen LogP contribution is 2.16. The SMILES string of the molecule is COc1nncc(-c2ccco2)n1. The minimum atomic E-state index is 0.230. The van der Waals surface area contributed by atoms with E-state index in [0.717, 1.165) is 0 Å². The molecule has 0 unspecified atom stereocenters. The van der Waals surface area contributed by atoms with Crippen molar-refractivity contribution in [2.75, 3.05) is 7.11 Å². The Morgan fingerprint density at radius 1 is 1.46 bits per heavy atom. The average Bonchev–Trinajstić information content (AvgIpc) is 2.71. The van der Waals surface area contributed by atoms with Gasteiger partial charge >= 0.3 is 6.01 Å². The minimum Gasteiger partial charge on any atom is -0.466 e. The molecule has 0 spiro atoms. The molecule has 2 rings (SSSR count). The molecule has 5 heteroatoms. The van der Waals surface area contributed by atoms with Crippen molar-refractivity contribution in [1.29, 1.82) is 0 Å². The topological polar surface area (TPSA) is 61.0 Å². The Bertz CT molecular complexity index is 386. The third kappa shape index (κ3) is 1.48. The van der Waals surface area contributed by atoms with Gasteiger partial charge in [-0.15, -0.1) is 0 Å². The summed E-state index contributed by atoms with van der Waals surface area (Å²) in [6.45, 7) is 0. The molecule has 5 nitrogen and oxygen atoms in total. The third-order valence-electron chi connectivity index (χ3n) is 1.50. The van der Waals surface area contributed by atoms with E-state index in [2.05, 4.69) is 15.2 Å². The molecule has 66 valence electrons. The lowest BCUT2D eigenvalue weighted by Crippen LogP contribution is -1.95. The number of nitrogens with zero attached hydrogens (tertiary/aromatic N) is 3. The van der Waals surface area contributed by atoms with Gasteiger partial charge in [-0.1, -0.05) is 5.10 Å². The number of ether oxygens (including phenoxy) is 1. The van der Waals surface area contributed by atoms with Crippen molar-refractivity contribution >= 4 is 0 Å². The summed E-state index contributed by atoms with van der Waals surface area (Å²) in [5, 5.41) is 7.36. The predicted octanol–water partition coefficient (Wildman–Crippen LogP) is 1.14. The van der Waals surface area contributed by atoms with Gasteiger partial charge in [0.1, 0.15) is 5.69 Å². The number of furan rings is 1. The van der Waals surface area contributed by atoms with Gasteiger partial charge in [-0.2, -0.15) is 10.1 Å². The molecule has 0 aromatic carbocycles. The van der Waals surface area contributed by atoms with Crippen LogP contribution in [0.4, 0.5) is 0 Å². The first-order valence-corrected chi connectivity index (χ1v) is 3.68. The summed E-state index contributed by atoms with van der Waals surface area (Å²) in [7, 11) is 1.49. The molecule has 0 bridgehead atoms. The van der Waals surface area contributed by atoms with Crippen LogP contribution in [-0.2, 0) is 0 Å². The number of rotatable bonds is 2. The molecule has 0 aliphatic carbocycles. The Labute approximate surface area is 74.4 Å². The summed E-state index contributed by atoms with van der Waals surface area (Å²) in [5.74, 6) is 0.646. The molecule has 2 heterocycles. The highest BCUT2D eigenvalue weighted by molar-refractivity contribution is 5.49. The first-order chi connectivity index (χ1) is 6.40. The highest BCUT2D eigenvalue weighted by Gasteiger charge is 2.04. The van der Waals surface area contributed by atoms with Gasteiger partial charge in [0.05, 0.1) is 19.6 Å². The Kier molecular flexibility index (Phi) is 1.91. The molecule has 0 aliphatic rings. The molecule has 0 saturated carbocycles. The summed E-state index contributed by atoms with van der Waals surface area (Å²) in [5.41, 5.74) is 0.608. The van der Waals surface area contributed by atoms with E-state index in [0.29, 0.717) is 11.5 Å². The Balaban J connectivity index is 2.41. The van der Waals surface area contributed by atoms with E-state index in [-0.39, 0.29) is 6.01 Å². The summed E-state index contributed by atoms with van der Waals surface area (Å²) in [6.07, 6.45) is 3.09. The molecule has 2 aromatic rings. The first-order valence-electron chi connectivity index (χ1n) is 3.68. The summed E-state index contributed by atoms with van der Waals surface area (Å²) < 4.78 is 9.96. The van der Waals surface area contributed by atoms with Gasteiger partial charge < -0.3 is 9.15 Å². The Morgan fingerprint density at radius 2 is 2.38 bits per heavy atom. The van der Waals surface area contributed by atoms with Crippen LogP contribution >= 0.6 is 0 Å². The van der Waals surface area contributed by atoms with Gasteiger partial charge in [0, 0.05) is 0 Å². The van der Waals surface area contributed by atoms with Crippen LogP contribution in [-0.4, -0.2) is 22.3 Å². The van der Waals surface area contributed by atoms with E-state index in [1.165, 1.54) is 13.3 Å². The van der Waals surface area contributed by atoms with Gasteiger partial charge in [0.2, 0.25) is 0 Å². The van der Waals surface area contributed by atoms with Crippen molar-refractivity contribution in [3.05, 3.63) is 24.6 Å². The zero-order valence-electron chi connectivity index (χ0n) is 6.97. The van der Waals surface area contributed by atoms with Crippen molar-refractivity contribution < 1.29 is 9.15 Å². The Morgan fingerprint density at radius 3 is 3.08 bits per heavy atom. The summed E-state index contributed by atoms with van der Waals surface area (Å²) in [4.78, 5) is 4.04. The fourth-order valence-electron chi connectivity index (χ4n) is 0.917. The number of aromatic nitrogens is 3. The van der Waals surface area contributed by atoms with Gasteiger partial charge in [-0.3, -0.25) is 0 Å². The van der Waals surface area contributed by atoms with Crippen LogP contribution in [0, 0.1) is 0 Å². The normalized spacial score (nSPS) is 9.92. The Hall–Kier alpha value is -1.91. The molecule has 0 aliphatic heterocycles. The maximum atomic E-state index is 5.13. The van der Waals surface area contributed by atoms with Crippen LogP contribution in [0.15, 0.2) is 29.0 Å². The fraction of sp³-hybridized carbons (Fsp3) is 0.125. The van der Waals surface area contributed by atoms with Gasteiger partial charge in [0.25, 0.3) is 0 Å². The summed E-state index contributed by atoms with van der Waals surface area (Å²) in [6, 6.07) is 3.81. The maximum absolute atomic E-state index is 5.13. The first kappa shape index (κ1) is 7.72. The molecule has 0 atom stereocenters. The molecule has 0 saturated heterocycles. The van der Waals surface area contributed by atoms with Crippen LogP contribution in [0.2, 0.25) is 0 Å². The molecule has 13 heavy (non-hydrogen) atoms. The van der Waals surface area contributed by atoms with Crippen molar-refractivity contribution in [2.24, 2.45) is 0 Å². The third-order valence-corrected chi connectivity index (χ3v) is 1.50. The maximum Gasteiger partial charge on any atom is 0.336 e. The van der Waals surface area contributed by atoms with Gasteiger partial charge in [0.15, 0.2) is 5.76 Å². The van der Waals surface area contributed by atoms with E-state index in [4.69, 9.17) is 9.15 Å². The smallest absolute Gasteiger partial charge is 0.336 e. The van der Waals surface area contributed by atoms with Crippen molar-refractivity contribution in [3.8, 4) is 17.5 Å². The van der Waals surface area contributed by atoms with Crippen molar-refractivity contribution in [3.63, 3.8) is 0 Å². The lowest BCUT2D eigenvalue weighted by Gasteiger charge is -1.97. The largest absolute Gasteiger partial charge is 0.466 e. The molecule has 0 amide bonds. The lowest BCUT2D eigenvalue weighted by molar-refractivity contribution is 0.373. The molecule has 0 radical (unpaired) electrons. The van der Waals surface area contributed by atoms with Gasteiger partial charge in [-0.25, -0.2) is 0 Å². The number of hydrogen-bond acceptors (Lipinski definition) is 5. The van der Waals surface area contributed by atoms with E-state index >= 15 is 0 Å². The number of hydrogen-bond donors (Lipinski definition) is 0. The average molecular weight is 177 g/mol. The molecular weight excluding hydrogens is 170 g/mol. The lowest BCUT2D eigenvalue weighted by atomic mass is 10.3. The van der Waals surface area contributed by atoms with Gasteiger partial charge in [-0.05, 0) is 12.1 Å². The highest BCUT2D eigenvalue weighted by atomic mass is 16.5. The van der Waals surface area contributed by atoms with E-state index < -0.39 is 0 Å². The summed E-state index contributed by atoms with van der Waals surface area (Å²) >= 11 is 0. The zero-order valence-corrected chi connectivity index (χ0v) is 6.97. The second-order valence-electron chi connectivity index (χ2n) is 2.31. The molecular formula is C8H7N3O2. The molecule has 0 N–H and O–H groups in total. The minimum absolute atomic E-state index is 0.230. The quantitative estimate of drug-likeness (QED) is 0.688. The van der Waals surface area contributed by atoms with Crippen LogP contribution < -0.4 is 4.74 Å². The van der Waals surface area contributed by atoms with Crippen LogP contribution in [0.3, 0.4) is 0 Å². The van der Waals surface area contributed by atoms with Crippen molar-refractivity contribution in [1.82, 2.24) is 15.2 Å². The fourth-order valence-corrected chi connectivity index (χ4v) is 0.917. The number of methoxy groups -OCH3 is 1. The van der Waals surface area contributed by atoms with Crippen LogP contribution in [0.1, 0.15) is 0 Å².